The Labute approximate surface area is 116 Å². The van der Waals surface area contributed by atoms with Gasteiger partial charge in [0.05, 0.1) is 19.1 Å². The lowest BCUT2D eigenvalue weighted by atomic mass is 10.0. The number of rotatable bonds is 6. The van der Waals surface area contributed by atoms with Crippen molar-refractivity contribution in [3.63, 3.8) is 0 Å². The Bertz CT molecular complexity index is 429. The van der Waals surface area contributed by atoms with Crippen molar-refractivity contribution in [1.82, 2.24) is 5.32 Å². The average Bonchev–Trinajstić information content (AvgIpc) is 2.42. The first-order valence-electron chi connectivity index (χ1n) is 6.35. The molecule has 112 valence electrons. The summed E-state index contributed by atoms with van der Waals surface area (Å²) in [6, 6.07) is 4.48. The lowest BCUT2D eigenvalue weighted by Gasteiger charge is -2.18. The Morgan fingerprint density at radius 3 is 2.35 bits per heavy atom. The Morgan fingerprint density at radius 1 is 1.30 bits per heavy atom. The summed E-state index contributed by atoms with van der Waals surface area (Å²) in [6.45, 7) is 2.64. The van der Waals surface area contributed by atoms with E-state index in [9.17, 15) is 18.0 Å². The highest BCUT2D eigenvalue weighted by atomic mass is 19.4. The van der Waals surface area contributed by atoms with Crippen LogP contribution in [0.3, 0.4) is 0 Å². The van der Waals surface area contributed by atoms with Gasteiger partial charge in [-0.05, 0) is 30.7 Å². The summed E-state index contributed by atoms with van der Waals surface area (Å²) in [4.78, 5) is 11.3. The van der Waals surface area contributed by atoms with E-state index < -0.39 is 17.7 Å². The quantitative estimate of drug-likeness (QED) is 0.817. The van der Waals surface area contributed by atoms with Crippen molar-refractivity contribution in [2.75, 3.05) is 13.7 Å². The highest BCUT2D eigenvalue weighted by molar-refractivity contribution is 5.70. The van der Waals surface area contributed by atoms with Crippen LogP contribution in [0.5, 0.6) is 0 Å². The number of esters is 1. The molecule has 1 aromatic carbocycles. The van der Waals surface area contributed by atoms with Crippen molar-refractivity contribution < 1.29 is 22.7 Å². The van der Waals surface area contributed by atoms with Gasteiger partial charge in [-0.25, -0.2) is 0 Å². The monoisotopic (exact) mass is 289 g/mol. The second kappa shape index (κ2) is 7.28. The number of halogens is 3. The molecule has 1 atom stereocenters. The molecule has 0 heterocycles. The van der Waals surface area contributed by atoms with Gasteiger partial charge in [0.1, 0.15) is 0 Å². The number of nitrogens with one attached hydrogen (secondary N) is 1. The van der Waals surface area contributed by atoms with Crippen LogP contribution in [-0.4, -0.2) is 19.6 Å². The predicted octanol–water partition coefficient (Wildman–Crippen LogP) is 3.31. The van der Waals surface area contributed by atoms with E-state index in [0.717, 1.165) is 18.6 Å². The Balaban J connectivity index is 2.87. The molecule has 0 aliphatic heterocycles. The number of benzene rings is 1. The number of carbonyl (C=O) groups is 1. The second-order valence-corrected chi connectivity index (χ2v) is 4.41. The topological polar surface area (TPSA) is 38.3 Å². The predicted molar refractivity (Wildman–Crippen MR) is 69.1 cm³/mol. The minimum atomic E-state index is -4.35. The fourth-order valence-electron chi connectivity index (χ4n) is 1.78. The molecular weight excluding hydrogens is 271 g/mol. The molecule has 3 nitrogen and oxygen atoms in total. The molecule has 1 unspecified atom stereocenters. The summed E-state index contributed by atoms with van der Waals surface area (Å²) in [5, 5.41) is 3.13. The molecule has 0 aliphatic rings. The minimum absolute atomic E-state index is 0.0852. The number of carbonyl (C=O) groups excluding carboxylic acids is 1. The number of alkyl halides is 3. The molecule has 0 bridgehead atoms. The van der Waals surface area contributed by atoms with Crippen LogP contribution in [0, 0.1) is 0 Å². The first kappa shape index (κ1) is 16.5. The summed E-state index contributed by atoms with van der Waals surface area (Å²) in [6.07, 6.45) is -3.41. The smallest absolute Gasteiger partial charge is 0.416 e. The maximum absolute atomic E-state index is 12.5. The summed E-state index contributed by atoms with van der Waals surface area (Å²) in [5.41, 5.74) is -0.0644. The van der Waals surface area contributed by atoms with Crippen LogP contribution in [0.2, 0.25) is 0 Å². The van der Waals surface area contributed by atoms with E-state index in [4.69, 9.17) is 0 Å². The van der Waals surface area contributed by atoms with Crippen LogP contribution in [0.15, 0.2) is 24.3 Å². The lowest BCUT2D eigenvalue weighted by molar-refractivity contribution is -0.141. The van der Waals surface area contributed by atoms with Crippen LogP contribution in [0.1, 0.15) is 36.9 Å². The van der Waals surface area contributed by atoms with Gasteiger partial charge in [0, 0.05) is 6.04 Å². The molecule has 1 aromatic rings. The van der Waals surface area contributed by atoms with Gasteiger partial charge < -0.3 is 10.1 Å². The molecule has 0 spiro atoms. The zero-order valence-corrected chi connectivity index (χ0v) is 11.5. The molecule has 20 heavy (non-hydrogen) atoms. The summed E-state index contributed by atoms with van der Waals surface area (Å²) in [5.74, 6) is -0.404. The lowest BCUT2D eigenvalue weighted by Crippen LogP contribution is -2.25. The fraction of sp³-hybridized carbons (Fsp3) is 0.500. The molecule has 0 aliphatic carbocycles. The van der Waals surface area contributed by atoms with E-state index in [1.807, 2.05) is 6.92 Å². The SMILES string of the molecule is CCCNC(CC(=O)OC)c1ccc(C(F)(F)F)cc1. The van der Waals surface area contributed by atoms with Gasteiger partial charge in [-0.1, -0.05) is 19.1 Å². The molecule has 0 amide bonds. The Kier molecular flexibility index (Phi) is 6.01. The van der Waals surface area contributed by atoms with Crippen LogP contribution in [-0.2, 0) is 15.7 Å². The molecular formula is C14H18F3NO2. The third-order valence-electron chi connectivity index (χ3n) is 2.88. The van der Waals surface area contributed by atoms with Gasteiger partial charge in [0.15, 0.2) is 0 Å². The van der Waals surface area contributed by atoms with Gasteiger partial charge in [-0.2, -0.15) is 13.2 Å². The molecule has 0 fully saturated rings. The van der Waals surface area contributed by atoms with Gasteiger partial charge >= 0.3 is 12.1 Å². The van der Waals surface area contributed by atoms with Gasteiger partial charge in [0.2, 0.25) is 0 Å². The van der Waals surface area contributed by atoms with Crippen LogP contribution < -0.4 is 5.32 Å². The number of ether oxygens (including phenoxy) is 1. The largest absolute Gasteiger partial charge is 0.469 e. The van der Waals surface area contributed by atoms with Gasteiger partial charge in [-0.15, -0.1) is 0 Å². The van der Waals surface area contributed by atoms with E-state index in [1.54, 1.807) is 0 Å². The maximum atomic E-state index is 12.5. The van der Waals surface area contributed by atoms with Crippen molar-refractivity contribution in [2.45, 2.75) is 32.0 Å². The van der Waals surface area contributed by atoms with Crippen molar-refractivity contribution in [1.29, 1.82) is 0 Å². The highest BCUT2D eigenvalue weighted by Gasteiger charge is 2.30. The fourth-order valence-corrected chi connectivity index (χ4v) is 1.78. The summed E-state index contributed by atoms with van der Waals surface area (Å²) >= 11 is 0. The average molecular weight is 289 g/mol. The second-order valence-electron chi connectivity index (χ2n) is 4.41. The molecule has 0 saturated heterocycles. The van der Waals surface area contributed by atoms with Gasteiger partial charge in [0.25, 0.3) is 0 Å². The molecule has 0 aromatic heterocycles. The zero-order valence-electron chi connectivity index (χ0n) is 11.5. The first-order valence-corrected chi connectivity index (χ1v) is 6.35. The molecule has 1 N–H and O–H groups in total. The molecule has 0 saturated carbocycles. The van der Waals surface area contributed by atoms with E-state index >= 15 is 0 Å². The first-order chi connectivity index (χ1) is 9.38. The van der Waals surface area contributed by atoms with E-state index in [1.165, 1.54) is 19.2 Å². The minimum Gasteiger partial charge on any atom is -0.469 e. The highest BCUT2D eigenvalue weighted by Crippen LogP contribution is 2.30. The summed E-state index contributed by atoms with van der Waals surface area (Å²) < 4.78 is 42.1. The van der Waals surface area contributed by atoms with E-state index in [0.29, 0.717) is 12.1 Å². The maximum Gasteiger partial charge on any atom is 0.416 e. The van der Waals surface area contributed by atoms with E-state index in [-0.39, 0.29) is 12.5 Å². The third kappa shape index (κ3) is 4.85. The van der Waals surface area contributed by atoms with Crippen LogP contribution in [0.4, 0.5) is 13.2 Å². The summed E-state index contributed by atoms with van der Waals surface area (Å²) in [7, 11) is 1.28. The number of hydrogen-bond donors (Lipinski definition) is 1. The van der Waals surface area contributed by atoms with Gasteiger partial charge in [-0.3, -0.25) is 4.79 Å². The Morgan fingerprint density at radius 2 is 1.90 bits per heavy atom. The zero-order chi connectivity index (χ0) is 15.2. The van der Waals surface area contributed by atoms with Crippen LogP contribution >= 0.6 is 0 Å². The van der Waals surface area contributed by atoms with E-state index in [2.05, 4.69) is 10.1 Å². The van der Waals surface area contributed by atoms with Crippen molar-refractivity contribution >= 4 is 5.97 Å². The standard InChI is InChI=1S/C14H18F3NO2/c1-3-8-18-12(9-13(19)20-2)10-4-6-11(7-5-10)14(15,16)17/h4-7,12,18H,3,8-9H2,1-2H3. The Hall–Kier alpha value is -1.56. The molecule has 1 rings (SSSR count). The molecule has 6 heteroatoms. The third-order valence-corrected chi connectivity index (χ3v) is 2.88. The normalized spacial score (nSPS) is 13.1. The van der Waals surface area contributed by atoms with Crippen molar-refractivity contribution in [3.8, 4) is 0 Å². The number of hydrogen-bond acceptors (Lipinski definition) is 3. The van der Waals surface area contributed by atoms with Crippen LogP contribution in [0.25, 0.3) is 0 Å². The van der Waals surface area contributed by atoms with Crippen molar-refractivity contribution in [3.05, 3.63) is 35.4 Å². The number of methoxy groups -OCH3 is 1. The molecule has 0 radical (unpaired) electrons. The van der Waals surface area contributed by atoms with Crippen molar-refractivity contribution in [2.24, 2.45) is 0 Å².